The number of benzene rings is 1. The molecule has 0 fully saturated rings. The monoisotopic (exact) mass is 306 g/mol. The summed E-state index contributed by atoms with van der Waals surface area (Å²) in [5, 5.41) is 10.8. The summed E-state index contributed by atoms with van der Waals surface area (Å²) in [6.07, 6.45) is 1.75. The van der Waals surface area contributed by atoms with Crippen molar-refractivity contribution in [1.82, 2.24) is 10.4 Å². The Labute approximate surface area is 135 Å². The highest BCUT2D eigenvalue weighted by Gasteiger charge is 2.35. The summed E-state index contributed by atoms with van der Waals surface area (Å²) in [4.78, 5) is 8.77. The van der Waals surface area contributed by atoms with Crippen molar-refractivity contribution in [2.24, 2.45) is 20.2 Å². The molecule has 6 heteroatoms. The first kappa shape index (κ1) is 14.9. The van der Waals surface area contributed by atoms with Gasteiger partial charge in [-0.1, -0.05) is 36.9 Å². The van der Waals surface area contributed by atoms with E-state index in [1.54, 1.807) is 18.1 Å². The molecular formula is C17H18N6. The number of nitrogens with zero attached hydrogens (tertiary/aromatic N) is 5. The van der Waals surface area contributed by atoms with Gasteiger partial charge in [-0.2, -0.15) is 10.2 Å². The number of aliphatic imine (C=N–C) groups is 2. The van der Waals surface area contributed by atoms with E-state index in [-0.39, 0.29) is 0 Å². The molecule has 0 saturated carbocycles. The summed E-state index contributed by atoms with van der Waals surface area (Å²) in [5.74, 6) is 1.26. The van der Waals surface area contributed by atoms with Gasteiger partial charge in [0, 0.05) is 18.2 Å². The summed E-state index contributed by atoms with van der Waals surface area (Å²) in [5.41, 5.74) is 7.27. The molecule has 0 atom stereocenters. The molecule has 0 saturated heterocycles. The molecule has 116 valence electrons. The van der Waals surface area contributed by atoms with Crippen molar-refractivity contribution >= 4 is 23.0 Å². The second kappa shape index (κ2) is 6.00. The first-order valence-corrected chi connectivity index (χ1v) is 7.29. The van der Waals surface area contributed by atoms with Crippen LogP contribution in [-0.2, 0) is 0 Å². The van der Waals surface area contributed by atoms with Crippen molar-refractivity contribution in [1.29, 1.82) is 0 Å². The number of nitrogens with one attached hydrogen (secondary N) is 1. The third-order valence-electron chi connectivity index (χ3n) is 3.63. The predicted molar refractivity (Wildman–Crippen MR) is 95.2 cm³/mol. The molecule has 1 aliphatic carbocycles. The normalized spacial score (nSPS) is 18.3. The topological polar surface area (TPSA) is 64.7 Å². The first-order valence-electron chi connectivity index (χ1n) is 7.29. The van der Waals surface area contributed by atoms with Crippen LogP contribution in [0.4, 0.5) is 0 Å². The van der Waals surface area contributed by atoms with Gasteiger partial charge < -0.3 is 5.43 Å². The maximum absolute atomic E-state index is 4.68. The van der Waals surface area contributed by atoms with Gasteiger partial charge in [-0.05, 0) is 6.92 Å². The molecule has 3 rings (SSSR count). The van der Waals surface area contributed by atoms with Crippen LogP contribution >= 0.6 is 0 Å². The quantitative estimate of drug-likeness (QED) is 0.306. The summed E-state index contributed by atoms with van der Waals surface area (Å²) in [7, 11) is 1.72. The number of rotatable bonds is 3. The predicted octanol–water partition coefficient (Wildman–Crippen LogP) is 2.16. The van der Waals surface area contributed by atoms with E-state index in [1.807, 2.05) is 31.2 Å². The molecule has 0 amide bonds. The van der Waals surface area contributed by atoms with Crippen LogP contribution in [0.1, 0.15) is 18.1 Å². The van der Waals surface area contributed by atoms with E-state index in [9.17, 15) is 0 Å². The van der Waals surface area contributed by atoms with Crippen LogP contribution in [-0.4, -0.2) is 41.6 Å². The zero-order chi connectivity index (χ0) is 16.4. The lowest BCUT2D eigenvalue weighted by Crippen LogP contribution is -2.32. The summed E-state index contributed by atoms with van der Waals surface area (Å²) in [6, 6.07) is 7.99. The molecule has 0 bridgehead atoms. The smallest absolute Gasteiger partial charge is 0.149 e. The van der Waals surface area contributed by atoms with Gasteiger partial charge in [0.15, 0.2) is 0 Å². The van der Waals surface area contributed by atoms with Gasteiger partial charge in [0.05, 0.1) is 6.54 Å². The number of hydrogen-bond donors (Lipinski definition) is 1. The Kier molecular flexibility index (Phi) is 3.89. The Hall–Kier alpha value is -3.02. The van der Waals surface area contributed by atoms with E-state index < -0.39 is 0 Å². The van der Waals surface area contributed by atoms with Crippen LogP contribution < -0.4 is 5.43 Å². The molecule has 0 radical (unpaired) electrons. The fraction of sp³-hybridized carbons (Fsp3) is 0.176. The fourth-order valence-electron chi connectivity index (χ4n) is 2.46. The van der Waals surface area contributed by atoms with Crippen LogP contribution in [0.15, 0.2) is 69.5 Å². The molecule has 1 heterocycles. The Morgan fingerprint density at radius 1 is 1.30 bits per heavy atom. The van der Waals surface area contributed by atoms with Crippen molar-refractivity contribution < 1.29 is 0 Å². The number of amidine groups is 1. The van der Waals surface area contributed by atoms with Crippen molar-refractivity contribution in [2.75, 3.05) is 13.6 Å². The molecule has 6 nitrogen and oxygen atoms in total. The van der Waals surface area contributed by atoms with Crippen LogP contribution in [0.3, 0.4) is 0 Å². The van der Waals surface area contributed by atoms with Gasteiger partial charge in [0.1, 0.15) is 28.8 Å². The van der Waals surface area contributed by atoms with Crippen LogP contribution in [0.2, 0.25) is 0 Å². The Morgan fingerprint density at radius 2 is 2.04 bits per heavy atom. The van der Waals surface area contributed by atoms with Gasteiger partial charge in [0.25, 0.3) is 0 Å². The number of hydrazone groups is 2. The average molecular weight is 306 g/mol. The van der Waals surface area contributed by atoms with Crippen molar-refractivity contribution in [2.45, 2.75) is 6.92 Å². The summed E-state index contributed by atoms with van der Waals surface area (Å²) in [6.45, 7) is 10.1. The zero-order valence-electron chi connectivity index (χ0n) is 13.2. The molecule has 1 N–H and O–H groups in total. The molecule has 2 aliphatic rings. The maximum atomic E-state index is 4.68. The van der Waals surface area contributed by atoms with Gasteiger partial charge in [0.2, 0.25) is 0 Å². The minimum Gasteiger partial charge on any atom is -0.306 e. The van der Waals surface area contributed by atoms with Gasteiger partial charge in [-0.15, -0.1) is 6.58 Å². The lowest BCUT2D eigenvalue weighted by Gasteiger charge is -2.22. The zero-order valence-corrected chi connectivity index (χ0v) is 13.2. The molecular weight excluding hydrogens is 288 g/mol. The van der Waals surface area contributed by atoms with E-state index in [0.29, 0.717) is 12.4 Å². The molecule has 0 aromatic heterocycles. The summed E-state index contributed by atoms with van der Waals surface area (Å²) < 4.78 is 0. The highest BCUT2D eigenvalue weighted by molar-refractivity contribution is 6.79. The molecule has 1 aromatic carbocycles. The van der Waals surface area contributed by atoms with Crippen LogP contribution in [0, 0.1) is 0 Å². The van der Waals surface area contributed by atoms with Crippen molar-refractivity contribution in [3.63, 3.8) is 0 Å². The molecule has 1 aliphatic heterocycles. The van der Waals surface area contributed by atoms with Gasteiger partial charge in [-0.25, -0.2) is 10.0 Å². The van der Waals surface area contributed by atoms with E-state index in [0.717, 1.165) is 34.1 Å². The Bertz CT molecular complexity index is 797. The fourth-order valence-corrected chi connectivity index (χ4v) is 2.46. The standard InChI is InChI=1S/C17H18N6/c1-5-10-19-21-15-13-8-6-7-9-14(13)16-17(15)20-12(3)23(22-16)11(2)18-4/h5-9,19H,1,3,10H2,2,4H3/b18-11-,21-15?. The molecule has 23 heavy (non-hydrogen) atoms. The van der Waals surface area contributed by atoms with Crippen molar-refractivity contribution in [3.8, 4) is 0 Å². The van der Waals surface area contributed by atoms with E-state index >= 15 is 0 Å². The van der Waals surface area contributed by atoms with E-state index in [4.69, 9.17) is 0 Å². The SMILES string of the molecule is C=CCNN=C1C2=NC(=C)N(/C(C)=N\C)N=C2c2ccccc21. The molecule has 1 aromatic rings. The Balaban J connectivity index is 2.12. The summed E-state index contributed by atoms with van der Waals surface area (Å²) >= 11 is 0. The minimum atomic E-state index is 0.524. The Morgan fingerprint density at radius 3 is 2.74 bits per heavy atom. The lowest BCUT2D eigenvalue weighted by molar-refractivity contribution is 0.539. The minimum absolute atomic E-state index is 0.524. The van der Waals surface area contributed by atoms with Gasteiger partial charge in [-0.3, -0.25) is 4.99 Å². The highest BCUT2D eigenvalue weighted by Crippen LogP contribution is 2.27. The van der Waals surface area contributed by atoms with Crippen LogP contribution in [0.5, 0.6) is 0 Å². The average Bonchev–Trinajstić information content (AvgIpc) is 2.87. The largest absolute Gasteiger partial charge is 0.306 e. The van der Waals surface area contributed by atoms with E-state index in [2.05, 4.69) is 38.8 Å². The molecule has 0 spiro atoms. The third kappa shape index (κ3) is 2.48. The number of fused-ring (bicyclic) bond motifs is 3. The van der Waals surface area contributed by atoms with Gasteiger partial charge >= 0.3 is 0 Å². The first-order chi connectivity index (χ1) is 11.2. The highest BCUT2D eigenvalue weighted by atomic mass is 15.5. The molecule has 0 unspecified atom stereocenters. The van der Waals surface area contributed by atoms with Crippen LogP contribution in [0.25, 0.3) is 0 Å². The number of hydrogen-bond acceptors (Lipinski definition) is 5. The maximum Gasteiger partial charge on any atom is 0.149 e. The van der Waals surface area contributed by atoms with Crippen molar-refractivity contribution in [3.05, 3.63) is 60.4 Å². The third-order valence-corrected chi connectivity index (χ3v) is 3.63. The van der Waals surface area contributed by atoms with E-state index in [1.165, 1.54) is 0 Å². The second-order valence-corrected chi connectivity index (χ2v) is 5.06. The second-order valence-electron chi connectivity index (χ2n) is 5.06. The lowest BCUT2D eigenvalue weighted by atomic mass is 10.1.